The molecule has 0 bridgehead atoms. The van der Waals surface area contributed by atoms with E-state index in [9.17, 15) is 5.11 Å². The van der Waals surface area contributed by atoms with E-state index in [0.717, 1.165) is 25.8 Å². The van der Waals surface area contributed by atoms with Gasteiger partial charge in [0.1, 0.15) is 0 Å². The molecule has 7 heteroatoms. The summed E-state index contributed by atoms with van der Waals surface area (Å²) in [5, 5.41) is 15.7. The van der Waals surface area contributed by atoms with Gasteiger partial charge in [-0.3, -0.25) is 0 Å². The van der Waals surface area contributed by atoms with E-state index in [1.54, 1.807) is 0 Å². The molecule has 1 fully saturated rings. The van der Waals surface area contributed by atoms with Crippen LogP contribution in [0.5, 0.6) is 6.01 Å². The van der Waals surface area contributed by atoms with Crippen LogP contribution in [0.3, 0.4) is 0 Å². The van der Waals surface area contributed by atoms with Crippen molar-refractivity contribution in [2.45, 2.75) is 38.6 Å². The average molecular weight is 267 g/mol. The van der Waals surface area contributed by atoms with Crippen LogP contribution in [-0.4, -0.2) is 45.4 Å². The van der Waals surface area contributed by atoms with Crippen LogP contribution in [0.15, 0.2) is 0 Å². The summed E-state index contributed by atoms with van der Waals surface area (Å²) in [6.45, 7) is 5.16. The maximum absolute atomic E-state index is 9.46. The first-order valence-electron chi connectivity index (χ1n) is 6.73. The quantitative estimate of drug-likeness (QED) is 0.679. The SMILES string of the molecule is CCNc1nc(NC2(CO)CCC2)nc(OCC)n1. The molecule has 1 heterocycles. The van der Waals surface area contributed by atoms with Gasteiger partial charge in [0, 0.05) is 6.54 Å². The van der Waals surface area contributed by atoms with E-state index in [-0.39, 0.29) is 12.1 Å². The van der Waals surface area contributed by atoms with Crippen molar-refractivity contribution in [2.24, 2.45) is 0 Å². The molecule has 0 radical (unpaired) electrons. The number of ether oxygens (including phenoxy) is 1. The lowest BCUT2D eigenvalue weighted by molar-refractivity contribution is 0.143. The number of nitrogens with zero attached hydrogens (tertiary/aromatic N) is 3. The van der Waals surface area contributed by atoms with Gasteiger partial charge in [-0.05, 0) is 33.1 Å². The summed E-state index contributed by atoms with van der Waals surface area (Å²) in [4.78, 5) is 12.7. The first kappa shape index (κ1) is 13.8. The predicted octanol–water partition coefficient (Wildman–Crippen LogP) is 1.03. The molecule has 7 nitrogen and oxygen atoms in total. The molecule has 1 aliphatic rings. The second-order valence-electron chi connectivity index (χ2n) is 4.65. The summed E-state index contributed by atoms with van der Waals surface area (Å²) in [6.07, 6.45) is 2.96. The van der Waals surface area contributed by atoms with Gasteiger partial charge in [0.2, 0.25) is 11.9 Å². The third kappa shape index (κ3) is 3.23. The van der Waals surface area contributed by atoms with Gasteiger partial charge in [-0.25, -0.2) is 0 Å². The molecule has 0 atom stereocenters. The third-order valence-electron chi connectivity index (χ3n) is 3.21. The van der Waals surface area contributed by atoms with Crippen LogP contribution < -0.4 is 15.4 Å². The van der Waals surface area contributed by atoms with E-state index in [0.29, 0.717) is 24.5 Å². The van der Waals surface area contributed by atoms with Gasteiger partial charge in [-0.2, -0.15) is 15.0 Å². The van der Waals surface area contributed by atoms with Crippen molar-refractivity contribution in [1.82, 2.24) is 15.0 Å². The monoisotopic (exact) mass is 267 g/mol. The van der Waals surface area contributed by atoms with Gasteiger partial charge in [0.05, 0.1) is 18.8 Å². The Labute approximate surface area is 112 Å². The number of hydrogen-bond donors (Lipinski definition) is 3. The zero-order chi connectivity index (χ0) is 13.7. The Morgan fingerprint density at radius 3 is 2.47 bits per heavy atom. The Bertz CT molecular complexity index is 393. The van der Waals surface area contributed by atoms with E-state index in [1.165, 1.54) is 0 Å². The van der Waals surface area contributed by atoms with Crippen LogP contribution in [0.4, 0.5) is 11.9 Å². The van der Waals surface area contributed by atoms with E-state index in [4.69, 9.17) is 4.74 Å². The summed E-state index contributed by atoms with van der Waals surface area (Å²) < 4.78 is 5.33. The third-order valence-corrected chi connectivity index (χ3v) is 3.21. The first-order chi connectivity index (χ1) is 9.21. The molecule has 0 saturated heterocycles. The fraction of sp³-hybridized carbons (Fsp3) is 0.750. The highest BCUT2D eigenvalue weighted by Crippen LogP contribution is 2.34. The molecule has 0 unspecified atom stereocenters. The maximum Gasteiger partial charge on any atom is 0.323 e. The van der Waals surface area contributed by atoms with Gasteiger partial charge in [0.25, 0.3) is 0 Å². The minimum atomic E-state index is -0.283. The lowest BCUT2D eigenvalue weighted by atomic mass is 9.77. The van der Waals surface area contributed by atoms with Gasteiger partial charge >= 0.3 is 6.01 Å². The van der Waals surface area contributed by atoms with Gasteiger partial charge in [-0.1, -0.05) is 0 Å². The number of nitrogens with one attached hydrogen (secondary N) is 2. The van der Waals surface area contributed by atoms with Gasteiger partial charge < -0.3 is 20.5 Å². The summed E-state index contributed by atoms with van der Waals surface area (Å²) in [6, 6.07) is 0.295. The van der Waals surface area contributed by atoms with Crippen molar-refractivity contribution in [3.05, 3.63) is 0 Å². The van der Waals surface area contributed by atoms with Crippen molar-refractivity contribution in [3.8, 4) is 6.01 Å². The number of aromatic nitrogens is 3. The van der Waals surface area contributed by atoms with Crippen molar-refractivity contribution in [2.75, 3.05) is 30.4 Å². The molecule has 0 aliphatic heterocycles. The number of anilines is 2. The second-order valence-corrected chi connectivity index (χ2v) is 4.65. The lowest BCUT2D eigenvalue weighted by Crippen LogP contribution is -2.48. The Morgan fingerprint density at radius 2 is 1.95 bits per heavy atom. The van der Waals surface area contributed by atoms with E-state index < -0.39 is 0 Å². The molecule has 1 aromatic heterocycles. The molecule has 0 amide bonds. The summed E-state index contributed by atoms with van der Waals surface area (Å²) in [7, 11) is 0. The Balaban J connectivity index is 2.17. The fourth-order valence-corrected chi connectivity index (χ4v) is 2.01. The van der Waals surface area contributed by atoms with E-state index >= 15 is 0 Å². The van der Waals surface area contributed by atoms with Crippen molar-refractivity contribution < 1.29 is 9.84 Å². The number of aliphatic hydroxyl groups excluding tert-OH is 1. The molecule has 1 aromatic rings. The molecule has 1 aliphatic carbocycles. The van der Waals surface area contributed by atoms with Crippen LogP contribution >= 0.6 is 0 Å². The second kappa shape index (κ2) is 6.01. The van der Waals surface area contributed by atoms with Crippen LogP contribution in [0.25, 0.3) is 0 Å². The number of aliphatic hydroxyl groups is 1. The minimum absolute atomic E-state index is 0.0825. The molecule has 3 N–H and O–H groups in total. The zero-order valence-electron chi connectivity index (χ0n) is 11.4. The lowest BCUT2D eigenvalue weighted by Gasteiger charge is -2.40. The van der Waals surface area contributed by atoms with Crippen LogP contribution in [0.1, 0.15) is 33.1 Å². The van der Waals surface area contributed by atoms with Crippen LogP contribution in [0, 0.1) is 0 Å². The smallest absolute Gasteiger partial charge is 0.323 e. The summed E-state index contributed by atoms with van der Waals surface area (Å²) >= 11 is 0. The zero-order valence-corrected chi connectivity index (χ0v) is 11.4. The van der Waals surface area contributed by atoms with E-state index in [2.05, 4.69) is 25.6 Å². The summed E-state index contributed by atoms with van der Waals surface area (Å²) in [5.41, 5.74) is -0.283. The summed E-state index contributed by atoms with van der Waals surface area (Å²) in [5.74, 6) is 0.930. The largest absolute Gasteiger partial charge is 0.464 e. The van der Waals surface area contributed by atoms with Crippen LogP contribution in [0.2, 0.25) is 0 Å². The topological polar surface area (TPSA) is 92.2 Å². The number of rotatable bonds is 7. The maximum atomic E-state index is 9.46. The van der Waals surface area contributed by atoms with Crippen molar-refractivity contribution >= 4 is 11.9 Å². The molecule has 1 saturated carbocycles. The average Bonchev–Trinajstić information content (AvgIpc) is 2.34. The molecule has 0 spiro atoms. The van der Waals surface area contributed by atoms with Crippen LogP contribution in [-0.2, 0) is 0 Å². The highest BCUT2D eigenvalue weighted by molar-refractivity contribution is 5.38. The predicted molar refractivity (Wildman–Crippen MR) is 72.5 cm³/mol. The Hall–Kier alpha value is -1.63. The normalized spacial score (nSPS) is 16.6. The van der Waals surface area contributed by atoms with Gasteiger partial charge in [-0.15, -0.1) is 0 Å². The Kier molecular flexibility index (Phi) is 4.36. The highest BCUT2D eigenvalue weighted by atomic mass is 16.5. The highest BCUT2D eigenvalue weighted by Gasteiger charge is 2.37. The number of hydrogen-bond acceptors (Lipinski definition) is 7. The van der Waals surface area contributed by atoms with Crippen molar-refractivity contribution in [3.63, 3.8) is 0 Å². The molecular weight excluding hydrogens is 246 g/mol. The molecule has 19 heavy (non-hydrogen) atoms. The molecular formula is C12H21N5O2. The Morgan fingerprint density at radius 1 is 1.21 bits per heavy atom. The van der Waals surface area contributed by atoms with Gasteiger partial charge in [0.15, 0.2) is 0 Å². The fourth-order valence-electron chi connectivity index (χ4n) is 2.01. The standard InChI is InChI=1S/C12H21N5O2/c1-3-13-9-14-10(16-11(15-9)19-4-2)17-12(8-18)6-5-7-12/h18H,3-8H2,1-2H3,(H2,13,14,15,16,17). The molecule has 2 rings (SSSR count). The minimum Gasteiger partial charge on any atom is -0.464 e. The molecule has 0 aromatic carbocycles. The van der Waals surface area contributed by atoms with Crippen molar-refractivity contribution in [1.29, 1.82) is 0 Å². The van der Waals surface area contributed by atoms with E-state index in [1.807, 2.05) is 13.8 Å². The first-order valence-corrected chi connectivity index (χ1v) is 6.73. The molecule has 106 valence electrons.